The van der Waals surface area contributed by atoms with Gasteiger partial charge in [0.1, 0.15) is 0 Å². The molecule has 0 aliphatic heterocycles. The third-order valence-corrected chi connectivity index (χ3v) is 1.27. The number of halogens is 1. The maximum atomic E-state index is 8.25. The van der Waals surface area contributed by atoms with Gasteiger partial charge in [0.05, 0.1) is 0 Å². The monoisotopic (exact) mass is 182 g/mol. The molecule has 0 N–H and O–H groups in total. The summed E-state index contributed by atoms with van der Waals surface area (Å²) in [7, 11) is 0.750. The third-order valence-electron chi connectivity index (χ3n) is 0.752. The summed E-state index contributed by atoms with van der Waals surface area (Å²) >= 11 is 2.54. The number of hydrogen-bond acceptors (Lipinski definition) is 1. The molecule has 9 heavy (non-hydrogen) atoms. The Balaban J connectivity index is 0. The zero-order valence-corrected chi connectivity index (χ0v) is 7.33. The predicted molar refractivity (Wildman–Crippen MR) is 27.8 cm³/mol. The van der Waals surface area contributed by atoms with Crippen LogP contribution in [0, 0.1) is 0 Å². The molecule has 0 radical (unpaired) electrons. The molecule has 0 unspecified atom stereocenters. The van der Waals surface area contributed by atoms with Gasteiger partial charge in [-0.2, -0.15) is 7.11 Å². The van der Waals surface area contributed by atoms with Crippen molar-refractivity contribution in [1.82, 2.24) is 0 Å². The van der Waals surface area contributed by atoms with E-state index in [-0.39, 0.29) is 12.4 Å². The molecule has 0 aromatic rings. The third kappa shape index (κ3) is 6.20. The van der Waals surface area contributed by atoms with Gasteiger partial charge in [-0.15, -0.1) is 0 Å². The van der Waals surface area contributed by atoms with E-state index >= 15 is 0 Å². The standard InChI is InChI=1S/C5H5.CH3O.ClH.V/c1-2-4-5-3-1;1-2;;/h1-3H,4H2;1H3;1H;/q;-1;;+2/p-1. The summed E-state index contributed by atoms with van der Waals surface area (Å²) in [6.45, 7) is 0. The number of rotatable bonds is 0. The SMILES string of the molecule is C[O-].[Cl-].[V+2][C]1=CC=CC1. The minimum absolute atomic E-state index is 0. The second-order valence-corrected chi connectivity index (χ2v) is 2.19. The van der Waals surface area contributed by atoms with Gasteiger partial charge in [-0.25, -0.2) is 0 Å². The Morgan fingerprint density at radius 1 is 1.56 bits per heavy atom. The Kier molecular flexibility index (Phi) is 11.1. The van der Waals surface area contributed by atoms with Crippen LogP contribution in [0.25, 0.3) is 0 Å². The fourth-order valence-corrected chi connectivity index (χ4v) is 0.735. The quantitative estimate of drug-likeness (QED) is 0.402. The maximum absolute atomic E-state index is 8.25. The van der Waals surface area contributed by atoms with Crippen LogP contribution in [0.15, 0.2) is 22.5 Å². The van der Waals surface area contributed by atoms with E-state index in [0.717, 1.165) is 13.5 Å². The molecule has 0 bridgehead atoms. The van der Waals surface area contributed by atoms with Crippen LogP contribution in [0.5, 0.6) is 0 Å². The van der Waals surface area contributed by atoms with Gasteiger partial charge >= 0.3 is 46.4 Å². The zero-order chi connectivity index (χ0) is 6.41. The van der Waals surface area contributed by atoms with E-state index in [2.05, 4.69) is 35.7 Å². The molecule has 0 saturated carbocycles. The Hall–Kier alpha value is 0.314. The Morgan fingerprint density at radius 3 is 2.22 bits per heavy atom. The van der Waals surface area contributed by atoms with E-state index in [4.69, 9.17) is 5.11 Å². The van der Waals surface area contributed by atoms with Crippen LogP contribution in [-0.4, -0.2) is 7.11 Å². The molecule has 0 spiro atoms. The summed E-state index contributed by atoms with van der Waals surface area (Å²) in [6, 6.07) is 0. The van der Waals surface area contributed by atoms with Crippen LogP contribution in [0.2, 0.25) is 0 Å². The van der Waals surface area contributed by atoms with Crippen molar-refractivity contribution in [3.8, 4) is 0 Å². The van der Waals surface area contributed by atoms with Crippen LogP contribution < -0.4 is 17.5 Å². The normalized spacial score (nSPS) is 12.8. The molecule has 0 heterocycles. The summed E-state index contributed by atoms with van der Waals surface area (Å²) in [5.41, 5.74) is 0. The predicted octanol–water partition coefficient (Wildman–Crippen LogP) is -2.64. The van der Waals surface area contributed by atoms with Crippen molar-refractivity contribution in [1.29, 1.82) is 0 Å². The van der Waals surface area contributed by atoms with Crippen LogP contribution in [0.3, 0.4) is 0 Å². The molecule has 0 aromatic heterocycles. The van der Waals surface area contributed by atoms with Crippen LogP contribution in [-0.2, 0) is 17.4 Å². The topological polar surface area (TPSA) is 23.1 Å². The molecule has 0 aromatic carbocycles. The van der Waals surface area contributed by atoms with E-state index in [0.29, 0.717) is 0 Å². The Labute approximate surface area is 71.2 Å². The van der Waals surface area contributed by atoms with Gasteiger partial charge in [0.2, 0.25) is 0 Å². The van der Waals surface area contributed by atoms with E-state index in [1.807, 2.05) is 0 Å². The van der Waals surface area contributed by atoms with Crippen molar-refractivity contribution in [2.24, 2.45) is 0 Å². The second-order valence-electron chi connectivity index (χ2n) is 1.29. The number of hydrogen-bond donors (Lipinski definition) is 0. The molecule has 50 valence electrons. The van der Waals surface area contributed by atoms with Gasteiger partial charge in [-0.3, -0.25) is 0 Å². The van der Waals surface area contributed by atoms with E-state index in [1.54, 1.807) is 0 Å². The number of allylic oxidation sites excluding steroid dienone is 4. The molecule has 1 aliphatic rings. The van der Waals surface area contributed by atoms with Gasteiger partial charge in [-0.05, 0) is 0 Å². The van der Waals surface area contributed by atoms with Gasteiger partial charge < -0.3 is 17.5 Å². The first-order valence-electron chi connectivity index (χ1n) is 2.35. The first-order chi connectivity index (χ1) is 3.89. The van der Waals surface area contributed by atoms with E-state index < -0.39 is 0 Å². The first kappa shape index (κ1) is 12.0. The molecule has 0 saturated heterocycles. The second kappa shape index (κ2) is 8.31. The molecule has 0 amide bonds. The van der Waals surface area contributed by atoms with Crippen LogP contribution in [0.4, 0.5) is 0 Å². The first-order valence-corrected chi connectivity index (χ1v) is 3.05. The Bertz CT molecular complexity index is 110. The van der Waals surface area contributed by atoms with Crippen molar-refractivity contribution >= 4 is 0 Å². The van der Waals surface area contributed by atoms with Crippen molar-refractivity contribution in [3.05, 3.63) is 22.5 Å². The molecular weight excluding hydrogens is 174 g/mol. The molecule has 3 heteroatoms. The Morgan fingerprint density at radius 2 is 2.11 bits per heavy atom. The zero-order valence-electron chi connectivity index (χ0n) is 5.17. The molecule has 0 fully saturated rings. The van der Waals surface area contributed by atoms with Gasteiger partial charge in [-0.1, -0.05) is 0 Å². The molecule has 1 rings (SSSR count). The van der Waals surface area contributed by atoms with Gasteiger partial charge in [0, 0.05) is 0 Å². The molecule has 1 aliphatic carbocycles. The van der Waals surface area contributed by atoms with Crippen molar-refractivity contribution < 1.29 is 34.9 Å². The summed E-state index contributed by atoms with van der Waals surface area (Å²) in [5.74, 6) is 0. The van der Waals surface area contributed by atoms with Crippen molar-refractivity contribution in [2.45, 2.75) is 6.42 Å². The van der Waals surface area contributed by atoms with E-state index in [9.17, 15) is 0 Å². The van der Waals surface area contributed by atoms with Crippen molar-refractivity contribution in [3.63, 3.8) is 0 Å². The van der Waals surface area contributed by atoms with Gasteiger partial charge in [0.15, 0.2) is 0 Å². The molecular formula is C6H8ClOV. The fraction of sp³-hybridized carbons (Fsp3) is 0.333. The van der Waals surface area contributed by atoms with Gasteiger partial charge in [0.25, 0.3) is 0 Å². The molecule has 1 nitrogen and oxygen atoms in total. The fourth-order valence-electron chi connectivity index (χ4n) is 0.436. The van der Waals surface area contributed by atoms with Crippen LogP contribution >= 0.6 is 0 Å². The summed E-state index contributed by atoms with van der Waals surface area (Å²) in [6.07, 6.45) is 7.47. The minimum atomic E-state index is 0. The van der Waals surface area contributed by atoms with E-state index in [1.165, 1.54) is 4.28 Å². The average Bonchev–Trinajstić information content (AvgIpc) is 2.24. The molecule has 0 atom stereocenters. The summed E-state index contributed by atoms with van der Waals surface area (Å²) in [4.78, 5) is 0. The summed E-state index contributed by atoms with van der Waals surface area (Å²) < 4.78 is 1.41. The van der Waals surface area contributed by atoms with Crippen LogP contribution in [0.1, 0.15) is 6.42 Å². The van der Waals surface area contributed by atoms with Crippen molar-refractivity contribution in [2.75, 3.05) is 7.11 Å². The summed E-state index contributed by atoms with van der Waals surface area (Å²) in [5, 5.41) is 8.25. The average molecular weight is 183 g/mol.